The predicted molar refractivity (Wildman–Crippen MR) is 79.2 cm³/mol. The van der Waals surface area contributed by atoms with Crippen LogP contribution in [0.25, 0.3) is 10.8 Å². The Labute approximate surface area is 117 Å². The molecule has 0 saturated heterocycles. The maximum Gasteiger partial charge on any atom is 0.233 e. The molecule has 0 saturated carbocycles. The van der Waals surface area contributed by atoms with Gasteiger partial charge in [-0.2, -0.15) is 0 Å². The number of benzene rings is 2. The molecule has 1 aliphatic rings. The normalized spacial score (nSPS) is 23.1. The lowest BCUT2D eigenvalue weighted by Crippen LogP contribution is -2.17. The first-order chi connectivity index (χ1) is 9.52. The number of hydrogen-bond acceptors (Lipinski definition) is 3. The van der Waals surface area contributed by atoms with Gasteiger partial charge in [-0.1, -0.05) is 30.7 Å². The Hall–Kier alpha value is -1.51. The van der Waals surface area contributed by atoms with E-state index in [1.807, 2.05) is 0 Å². The van der Waals surface area contributed by atoms with E-state index in [4.69, 9.17) is 0 Å². The van der Waals surface area contributed by atoms with Gasteiger partial charge in [0, 0.05) is 22.5 Å². The van der Waals surface area contributed by atoms with Crippen molar-refractivity contribution in [3.05, 3.63) is 29.8 Å². The van der Waals surface area contributed by atoms with Crippen molar-refractivity contribution in [3.63, 3.8) is 0 Å². The zero-order chi connectivity index (χ0) is 14.3. The van der Waals surface area contributed by atoms with Crippen LogP contribution in [0.2, 0.25) is 0 Å². The van der Waals surface area contributed by atoms with Gasteiger partial charge in [0.15, 0.2) is 0 Å². The summed E-state index contributed by atoms with van der Waals surface area (Å²) >= 11 is 0. The smallest absolute Gasteiger partial charge is 0.233 e. The van der Waals surface area contributed by atoms with Crippen LogP contribution in [0.5, 0.6) is 11.5 Å². The molecule has 3 rings (SSSR count). The quantitative estimate of drug-likeness (QED) is 0.515. The minimum Gasteiger partial charge on any atom is -0.507 e. The fourth-order valence-electron chi connectivity index (χ4n) is 2.97. The van der Waals surface area contributed by atoms with Crippen LogP contribution in [0.3, 0.4) is 0 Å². The lowest BCUT2D eigenvalue weighted by molar-refractivity contribution is 0.455. The molecule has 20 heavy (non-hydrogen) atoms. The van der Waals surface area contributed by atoms with Crippen LogP contribution in [0.1, 0.15) is 24.8 Å². The second-order valence-electron chi connectivity index (χ2n) is 5.31. The summed E-state index contributed by atoms with van der Waals surface area (Å²) in [6, 6.07) is 6.88. The first-order valence-corrected chi connectivity index (χ1v) is 8.65. The summed E-state index contributed by atoms with van der Waals surface area (Å²) in [4.78, 5) is 10.3. The standard InChI is InChI=1S/C15H17O4P/c16-13-10-6-3-4-7-11(10)14(17)15-12(13)8-2-1-5-9-20(15,18)19/h3-4,6-7,16-17H,1-2,5,8-9H2,(H,18,19). The fourth-order valence-corrected chi connectivity index (χ4v) is 4.94. The highest BCUT2D eigenvalue weighted by atomic mass is 31.2. The van der Waals surface area contributed by atoms with Crippen molar-refractivity contribution in [1.82, 2.24) is 0 Å². The number of hydrogen-bond donors (Lipinski definition) is 3. The molecule has 4 nitrogen and oxygen atoms in total. The van der Waals surface area contributed by atoms with E-state index in [2.05, 4.69) is 0 Å². The van der Waals surface area contributed by atoms with Crippen LogP contribution in [0.15, 0.2) is 24.3 Å². The van der Waals surface area contributed by atoms with Crippen molar-refractivity contribution in [2.75, 3.05) is 6.16 Å². The molecule has 0 radical (unpaired) electrons. The van der Waals surface area contributed by atoms with Gasteiger partial charge in [0.2, 0.25) is 7.37 Å². The van der Waals surface area contributed by atoms with Crippen molar-refractivity contribution < 1.29 is 19.7 Å². The summed E-state index contributed by atoms with van der Waals surface area (Å²) in [5.74, 6) is -0.120. The molecule has 0 aromatic heterocycles. The Kier molecular flexibility index (Phi) is 3.23. The molecular weight excluding hydrogens is 275 g/mol. The van der Waals surface area contributed by atoms with Gasteiger partial charge >= 0.3 is 0 Å². The molecule has 0 bridgehead atoms. The predicted octanol–water partition coefficient (Wildman–Crippen LogP) is 2.87. The Morgan fingerprint density at radius 1 is 0.950 bits per heavy atom. The fraction of sp³-hybridized carbons (Fsp3) is 0.333. The van der Waals surface area contributed by atoms with Crippen molar-refractivity contribution in [2.45, 2.75) is 25.7 Å². The molecule has 106 valence electrons. The molecule has 2 aromatic rings. The van der Waals surface area contributed by atoms with Crippen LogP contribution in [-0.4, -0.2) is 21.3 Å². The molecule has 3 N–H and O–H groups in total. The van der Waals surface area contributed by atoms with Crippen molar-refractivity contribution in [2.24, 2.45) is 0 Å². The van der Waals surface area contributed by atoms with E-state index in [-0.39, 0.29) is 23.0 Å². The van der Waals surface area contributed by atoms with Gasteiger partial charge in [-0.25, -0.2) is 0 Å². The zero-order valence-corrected chi connectivity index (χ0v) is 11.9. The van der Waals surface area contributed by atoms with Crippen LogP contribution in [0.4, 0.5) is 0 Å². The van der Waals surface area contributed by atoms with Crippen LogP contribution in [-0.2, 0) is 11.0 Å². The number of rotatable bonds is 0. The van der Waals surface area contributed by atoms with Crippen LogP contribution >= 0.6 is 7.37 Å². The number of phenolic OH excluding ortho intramolecular Hbond substituents is 2. The SMILES string of the molecule is O=P1(O)CCCCCc2c1c(O)c1ccccc1c2O. The Morgan fingerprint density at radius 2 is 1.60 bits per heavy atom. The molecule has 0 aliphatic carbocycles. The summed E-state index contributed by atoms with van der Waals surface area (Å²) in [6.45, 7) is 0. The largest absolute Gasteiger partial charge is 0.507 e. The number of phenols is 2. The van der Waals surface area contributed by atoms with Gasteiger partial charge in [0.1, 0.15) is 11.5 Å². The van der Waals surface area contributed by atoms with Gasteiger partial charge in [0.05, 0.1) is 5.30 Å². The zero-order valence-electron chi connectivity index (χ0n) is 11.0. The Bertz CT molecular complexity index is 723. The molecule has 1 aliphatic heterocycles. The first-order valence-electron chi connectivity index (χ1n) is 6.80. The molecule has 0 spiro atoms. The topological polar surface area (TPSA) is 77.8 Å². The van der Waals surface area contributed by atoms with Crippen molar-refractivity contribution >= 4 is 23.4 Å². The van der Waals surface area contributed by atoms with E-state index in [9.17, 15) is 19.7 Å². The molecule has 2 aromatic carbocycles. The Morgan fingerprint density at radius 3 is 2.30 bits per heavy atom. The molecule has 0 amide bonds. The lowest BCUT2D eigenvalue weighted by Gasteiger charge is -2.22. The lowest BCUT2D eigenvalue weighted by atomic mass is 9.99. The second kappa shape index (κ2) is 4.80. The molecule has 1 atom stereocenters. The summed E-state index contributed by atoms with van der Waals surface area (Å²) in [5, 5.41) is 21.9. The van der Waals surface area contributed by atoms with Gasteiger partial charge in [-0.05, 0) is 19.3 Å². The molecule has 0 fully saturated rings. The van der Waals surface area contributed by atoms with Gasteiger partial charge in [-0.3, -0.25) is 4.57 Å². The first kappa shape index (κ1) is 13.5. The molecular formula is C15H17O4P. The average molecular weight is 292 g/mol. The average Bonchev–Trinajstić information content (AvgIpc) is 2.41. The van der Waals surface area contributed by atoms with E-state index >= 15 is 0 Å². The summed E-state index contributed by atoms with van der Waals surface area (Å²) in [6.07, 6.45) is 3.05. The van der Waals surface area contributed by atoms with E-state index in [0.29, 0.717) is 29.2 Å². The summed E-state index contributed by atoms with van der Waals surface area (Å²) in [5.41, 5.74) is 0.437. The highest BCUT2D eigenvalue weighted by Gasteiger charge is 2.32. The summed E-state index contributed by atoms with van der Waals surface area (Å²) < 4.78 is 12.5. The van der Waals surface area contributed by atoms with E-state index < -0.39 is 7.37 Å². The number of aromatic hydroxyl groups is 2. The highest BCUT2D eigenvalue weighted by molar-refractivity contribution is 7.66. The maximum absolute atomic E-state index is 12.5. The van der Waals surface area contributed by atoms with E-state index in [0.717, 1.165) is 12.8 Å². The van der Waals surface area contributed by atoms with Crippen LogP contribution < -0.4 is 5.30 Å². The number of fused-ring (bicyclic) bond motifs is 2. The van der Waals surface area contributed by atoms with Gasteiger partial charge in [0.25, 0.3) is 0 Å². The Balaban J connectivity index is 2.43. The summed E-state index contributed by atoms with van der Waals surface area (Å²) in [7, 11) is -3.63. The third-order valence-electron chi connectivity index (χ3n) is 3.97. The van der Waals surface area contributed by atoms with Crippen molar-refractivity contribution in [1.29, 1.82) is 0 Å². The highest BCUT2D eigenvalue weighted by Crippen LogP contribution is 2.50. The van der Waals surface area contributed by atoms with Crippen molar-refractivity contribution in [3.8, 4) is 11.5 Å². The monoisotopic (exact) mass is 292 g/mol. The molecule has 1 heterocycles. The van der Waals surface area contributed by atoms with E-state index in [1.165, 1.54) is 0 Å². The minimum absolute atomic E-state index is 0.0320. The minimum atomic E-state index is -3.63. The third kappa shape index (κ3) is 2.00. The molecule has 1 unspecified atom stereocenters. The second-order valence-corrected chi connectivity index (χ2v) is 7.60. The van der Waals surface area contributed by atoms with Gasteiger partial charge < -0.3 is 15.1 Å². The molecule has 5 heteroatoms. The van der Waals surface area contributed by atoms with Gasteiger partial charge in [-0.15, -0.1) is 0 Å². The van der Waals surface area contributed by atoms with Crippen LogP contribution in [0, 0.1) is 0 Å². The third-order valence-corrected chi connectivity index (χ3v) is 6.07. The van der Waals surface area contributed by atoms with E-state index in [1.54, 1.807) is 24.3 Å². The maximum atomic E-state index is 12.5.